The summed E-state index contributed by atoms with van der Waals surface area (Å²) in [5, 5.41) is 15.2. The number of nitrogens with one attached hydrogen (secondary N) is 3. The van der Waals surface area contributed by atoms with Crippen LogP contribution in [-0.2, 0) is 0 Å². The number of H-pyrrole nitrogens is 1. The lowest BCUT2D eigenvalue weighted by Crippen LogP contribution is -2.17. The molecular weight excluding hydrogens is 260 g/mol. The van der Waals surface area contributed by atoms with Gasteiger partial charge in [0, 0.05) is 18.3 Å². The molecule has 0 aliphatic heterocycles. The minimum atomic E-state index is 0.496. The van der Waals surface area contributed by atoms with Gasteiger partial charge in [0.25, 0.3) is 0 Å². The van der Waals surface area contributed by atoms with Gasteiger partial charge in [-0.25, -0.2) is 0 Å². The molecule has 2 aromatic rings. The smallest absolute Gasteiger partial charge is 0.226 e. The SMILES string of the molecule is CNc1nc(NC2CCC(SC)C2)c2cn[nH]c2n1. The number of nitrogens with zero attached hydrogens (tertiary/aromatic N) is 3. The molecule has 1 fully saturated rings. The molecule has 7 heteroatoms. The highest BCUT2D eigenvalue weighted by Gasteiger charge is 2.24. The number of fused-ring (bicyclic) bond motifs is 1. The third kappa shape index (κ3) is 2.47. The van der Waals surface area contributed by atoms with Crippen molar-refractivity contribution in [3.63, 3.8) is 0 Å². The van der Waals surface area contributed by atoms with E-state index in [1.807, 2.05) is 18.8 Å². The molecule has 0 radical (unpaired) electrons. The summed E-state index contributed by atoms with van der Waals surface area (Å²) in [4.78, 5) is 8.84. The second-order valence-corrected chi connectivity index (χ2v) is 5.93. The van der Waals surface area contributed by atoms with Crippen molar-refractivity contribution in [2.45, 2.75) is 30.6 Å². The summed E-state index contributed by atoms with van der Waals surface area (Å²) in [5.74, 6) is 1.48. The first-order chi connectivity index (χ1) is 9.30. The summed E-state index contributed by atoms with van der Waals surface area (Å²) in [5.41, 5.74) is 0.765. The maximum absolute atomic E-state index is 4.51. The molecule has 2 atom stereocenters. The average Bonchev–Trinajstić information content (AvgIpc) is 3.06. The van der Waals surface area contributed by atoms with Crippen molar-refractivity contribution in [1.29, 1.82) is 0 Å². The van der Waals surface area contributed by atoms with E-state index >= 15 is 0 Å². The lowest BCUT2D eigenvalue weighted by atomic mass is 10.2. The highest BCUT2D eigenvalue weighted by molar-refractivity contribution is 7.99. The molecule has 0 saturated heterocycles. The maximum atomic E-state index is 4.51. The molecule has 2 heterocycles. The van der Waals surface area contributed by atoms with Gasteiger partial charge in [-0.1, -0.05) is 0 Å². The molecule has 0 aromatic carbocycles. The molecule has 3 rings (SSSR count). The van der Waals surface area contributed by atoms with Crippen LogP contribution in [0.15, 0.2) is 6.20 Å². The van der Waals surface area contributed by atoms with E-state index in [9.17, 15) is 0 Å². The summed E-state index contributed by atoms with van der Waals surface area (Å²) in [7, 11) is 1.82. The average molecular weight is 278 g/mol. The van der Waals surface area contributed by atoms with Crippen LogP contribution in [0.3, 0.4) is 0 Å². The number of hydrogen-bond donors (Lipinski definition) is 3. The fourth-order valence-electron chi connectivity index (χ4n) is 2.54. The maximum Gasteiger partial charge on any atom is 0.226 e. The van der Waals surface area contributed by atoms with Gasteiger partial charge in [0.15, 0.2) is 5.65 Å². The Bertz CT molecular complexity index is 568. The van der Waals surface area contributed by atoms with E-state index in [2.05, 4.69) is 37.1 Å². The van der Waals surface area contributed by atoms with Crippen molar-refractivity contribution in [2.75, 3.05) is 23.9 Å². The van der Waals surface area contributed by atoms with Gasteiger partial charge >= 0.3 is 0 Å². The molecule has 0 amide bonds. The summed E-state index contributed by atoms with van der Waals surface area (Å²) in [6.07, 6.45) is 7.63. The van der Waals surface area contributed by atoms with Gasteiger partial charge in [0.2, 0.25) is 5.95 Å². The van der Waals surface area contributed by atoms with Crippen molar-refractivity contribution in [2.24, 2.45) is 0 Å². The van der Waals surface area contributed by atoms with Gasteiger partial charge in [0.1, 0.15) is 5.82 Å². The highest BCUT2D eigenvalue weighted by atomic mass is 32.2. The Balaban J connectivity index is 1.85. The van der Waals surface area contributed by atoms with Crippen LogP contribution in [0.2, 0.25) is 0 Å². The van der Waals surface area contributed by atoms with Crippen LogP contribution in [0.5, 0.6) is 0 Å². The fourth-order valence-corrected chi connectivity index (χ4v) is 3.33. The monoisotopic (exact) mass is 278 g/mol. The van der Waals surface area contributed by atoms with Gasteiger partial charge in [-0.05, 0) is 25.5 Å². The zero-order chi connectivity index (χ0) is 13.2. The molecule has 0 bridgehead atoms. The third-order valence-electron chi connectivity index (χ3n) is 3.59. The van der Waals surface area contributed by atoms with Crippen LogP contribution < -0.4 is 10.6 Å². The minimum Gasteiger partial charge on any atom is -0.367 e. The lowest BCUT2D eigenvalue weighted by molar-refractivity contribution is 0.753. The van der Waals surface area contributed by atoms with Crippen LogP contribution in [-0.4, -0.2) is 44.8 Å². The quantitative estimate of drug-likeness (QED) is 0.795. The Kier molecular flexibility index (Phi) is 3.46. The van der Waals surface area contributed by atoms with E-state index in [0.29, 0.717) is 12.0 Å². The zero-order valence-electron chi connectivity index (χ0n) is 11.1. The third-order valence-corrected chi connectivity index (χ3v) is 4.69. The molecule has 6 nitrogen and oxygen atoms in total. The Labute approximate surface area is 116 Å². The van der Waals surface area contributed by atoms with Crippen LogP contribution in [0.4, 0.5) is 11.8 Å². The summed E-state index contributed by atoms with van der Waals surface area (Å²) < 4.78 is 0. The first kappa shape index (κ1) is 12.5. The molecule has 1 aliphatic carbocycles. The molecule has 102 valence electrons. The topological polar surface area (TPSA) is 78.5 Å². The largest absolute Gasteiger partial charge is 0.367 e. The molecule has 19 heavy (non-hydrogen) atoms. The molecule has 0 spiro atoms. The van der Waals surface area contributed by atoms with E-state index in [1.54, 1.807) is 6.20 Å². The van der Waals surface area contributed by atoms with Gasteiger partial charge in [-0.15, -0.1) is 0 Å². The van der Waals surface area contributed by atoms with E-state index in [1.165, 1.54) is 19.3 Å². The van der Waals surface area contributed by atoms with Crippen LogP contribution >= 0.6 is 11.8 Å². The number of aromatic amines is 1. The Morgan fingerprint density at radius 3 is 3.00 bits per heavy atom. The second-order valence-electron chi connectivity index (χ2n) is 4.79. The van der Waals surface area contributed by atoms with Crippen LogP contribution in [0.1, 0.15) is 19.3 Å². The van der Waals surface area contributed by atoms with Crippen molar-refractivity contribution in [1.82, 2.24) is 20.2 Å². The molecule has 1 aliphatic rings. The molecule has 2 aromatic heterocycles. The molecule has 1 saturated carbocycles. The molecular formula is C12H18N6S. The van der Waals surface area contributed by atoms with Crippen molar-refractivity contribution >= 4 is 34.6 Å². The fraction of sp³-hybridized carbons (Fsp3) is 0.583. The van der Waals surface area contributed by atoms with Crippen molar-refractivity contribution in [3.8, 4) is 0 Å². The van der Waals surface area contributed by atoms with E-state index in [0.717, 1.165) is 22.1 Å². The minimum absolute atomic E-state index is 0.496. The van der Waals surface area contributed by atoms with Gasteiger partial charge in [-0.3, -0.25) is 5.10 Å². The van der Waals surface area contributed by atoms with Gasteiger partial charge in [-0.2, -0.15) is 26.8 Å². The predicted molar refractivity (Wildman–Crippen MR) is 79.8 cm³/mol. The van der Waals surface area contributed by atoms with Gasteiger partial charge < -0.3 is 10.6 Å². The van der Waals surface area contributed by atoms with Crippen molar-refractivity contribution < 1.29 is 0 Å². The highest BCUT2D eigenvalue weighted by Crippen LogP contribution is 2.31. The van der Waals surface area contributed by atoms with E-state index in [-0.39, 0.29) is 0 Å². The Hall–Kier alpha value is -1.50. The van der Waals surface area contributed by atoms with E-state index < -0.39 is 0 Å². The summed E-state index contributed by atoms with van der Waals surface area (Å²) in [6, 6.07) is 0.496. The molecule has 2 unspecified atom stereocenters. The number of rotatable bonds is 4. The number of hydrogen-bond acceptors (Lipinski definition) is 6. The Morgan fingerprint density at radius 2 is 2.26 bits per heavy atom. The zero-order valence-corrected chi connectivity index (χ0v) is 11.9. The first-order valence-electron chi connectivity index (χ1n) is 6.48. The predicted octanol–water partition coefficient (Wildman–Crippen LogP) is 2.09. The summed E-state index contributed by atoms with van der Waals surface area (Å²) in [6.45, 7) is 0. The lowest BCUT2D eigenvalue weighted by Gasteiger charge is -2.14. The van der Waals surface area contributed by atoms with Crippen LogP contribution in [0.25, 0.3) is 11.0 Å². The standard InChI is InChI=1S/C12H18N6S/c1-13-12-16-10(9-6-14-18-11(9)17-12)15-7-3-4-8(5-7)19-2/h6-8H,3-5H2,1-2H3,(H3,13,14,15,16,17,18). The summed E-state index contributed by atoms with van der Waals surface area (Å²) >= 11 is 1.96. The van der Waals surface area contributed by atoms with Crippen molar-refractivity contribution in [3.05, 3.63) is 6.20 Å². The normalized spacial score (nSPS) is 22.8. The Morgan fingerprint density at radius 1 is 1.37 bits per heavy atom. The first-order valence-corrected chi connectivity index (χ1v) is 7.77. The number of anilines is 2. The van der Waals surface area contributed by atoms with E-state index in [4.69, 9.17) is 0 Å². The second kappa shape index (κ2) is 5.24. The van der Waals surface area contributed by atoms with Crippen LogP contribution in [0, 0.1) is 0 Å². The van der Waals surface area contributed by atoms with Gasteiger partial charge in [0.05, 0.1) is 11.6 Å². The molecule has 3 N–H and O–H groups in total. The number of thioether (sulfide) groups is 1. The number of aromatic nitrogens is 4.